The van der Waals surface area contributed by atoms with Gasteiger partial charge in [-0.05, 0) is 12.1 Å². The van der Waals surface area contributed by atoms with E-state index in [0.29, 0.717) is 0 Å². The SMILES string of the molecule is CN(Cc1c(F)cccc1Cl)C(=O)COC(=O)c1nc(Cl)c(Cl)c(N)c1Cl. The molecule has 0 unspecified atom stereocenters. The van der Waals surface area contributed by atoms with Crippen LogP contribution in [0.2, 0.25) is 20.2 Å². The van der Waals surface area contributed by atoms with Gasteiger partial charge in [0.05, 0.1) is 10.7 Å². The van der Waals surface area contributed by atoms with Crippen LogP contribution >= 0.6 is 46.4 Å². The van der Waals surface area contributed by atoms with Crippen LogP contribution in [0.1, 0.15) is 16.1 Å². The maximum Gasteiger partial charge on any atom is 0.359 e. The van der Waals surface area contributed by atoms with Crippen LogP contribution in [0.4, 0.5) is 10.1 Å². The van der Waals surface area contributed by atoms with Gasteiger partial charge in [-0.25, -0.2) is 14.2 Å². The lowest BCUT2D eigenvalue weighted by Crippen LogP contribution is -2.31. The summed E-state index contributed by atoms with van der Waals surface area (Å²) in [4.78, 5) is 29.1. The summed E-state index contributed by atoms with van der Waals surface area (Å²) in [5.41, 5.74) is 5.25. The van der Waals surface area contributed by atoms with Crippen LogP contribution in [-0.4, -0.2) is 35.4 Å². The number of pyridine rings is 1. The van der Waals surface area contributed by atoms with Crippen molar-refractivity contribution in [2.75, 3.05) is 19.4 Å². The molecule has 11 heteroatoms. The van der Waals surface area contributed by atoms with Crippen molar-refractivity contribution < 1.29 is 18.7 Å². The van der Waals surface area contributed by atoms with Crippen LogP contribution < -0.4 is 5.73 Å². The predicted molar refractivity (Wildman–Crippen MR) is 102 cm³/mol. The number of carbonyl (C=O) groups is 2. The molecule has 27 heavy (non-hydrogen) atoms. The van der Waals surface area contributed by atoms with Crippen molar-refractivity contribution in [1.82, 2.24) is 9.88 Å². The summed E-state index contributed by atoms with van der Waals surface area (Å²) < 4.78 is 18.7. The van der Waals surface area contributed by atoms with E-state index in [2.05, 4.69) is 4.98 Å². The Hall–Kier alpha value is -1.80. The highest BCUT2D eigenvalue weighted by atomic mass is 35.5. The first-order valence-corrected chi connectivity index (χ1v) is 8.78. The lowest BCUT2D eigenvalue weighted by molar-refractivity contribution is -0.133. The molecule has 0 atom stereocenters. The molecule has 0 aliphatic carbocycles. The molecule has 2 rings (SSSR count). The largest absolute Gasteiger partial charge is 0.451 e. The summed E-state index contributed by atoms with van der Waals surface area (Å²) >= 11 is 23.4. The fraction of sp³-hybridized carbons (Fsp3) is 0.188. The van der Waals surface area contributed by atoms with Gasteiger partial charge in [-0.1, -0.05) is 52.5 Å². The number of nitrogens with two attached hydrogens (primary N) is 1. The molecule has 0 fully saturated rings. The molecular formula is C16H12Cl4FN3O3. The summed E-state index contributed by atoms with van der Waals surface area (Å²) in [5.74, 6) is -2.18. The van der Waals surface area contributed by atoms with Gasteiger partial charge in [-0.3, -0.25) is 4.79 Å². The minimum absolute atomic E-state index is 0.101. The summed E-state index contributed by atoms with van der Waals surface area (Å²) in [6, 6.07) is 4.17. The molecule has 1 heterocycles. The Morgan fingerprint density at radius 2 is 1.89 bits per heavy atom. The molecule has 2 N–H and O–H groups in total. The van der Waals surface area contributed by atoms with Crippen LogP contribution in [0.3, 0.4) is 0 Å². The molecule has 144 valence electrons. The standard InChI is InChI=1S/C16H12Cl4FN3O3/c1-24(5-7-8(17)3-2-4-9(7)21)10(25)6-27-16(26)14-11(18)13(22)12(19)15(20)23-14/h2-4H,5-6H2,1H3,(H2,22,23). The van der Waals surface area contributed by atoms with Gasteiger partial charge < -0.3 is 15.4 Å². The molecule has 0 saturated carbocycles. The Bertz CT molecular complexity index is 891. The van der Waals surface area contributed by atoms with Gasteiger partial charge in [-0.15, -0.1) is 0 Å². The van der Waals surface area contributed by atoms with E-state index in [0.717, 1.165) is 4.90 Å². The second kappa shape index (κ2) is 8.93. The van der Waals surface area contributed by atoms with Gasteiger partial charge in [-0.2, -0.15) is 0 Å². The Balaban J connectivity index is 2.04. The maximum absolute atomic E-state index is 13.8. The Labute approximate surface area is 173 Å². The van der Waals surface area contributed by atoms with Crippen LogP contribution in [-0.2, 0) is 16.1 Å². The molecule has 0 aliphatic rings. The highest BCUT2D eigenvalue weighted by Gasteiger charge is 2.22. The maximum atomic E-state index is 13.8. The summed E-state index contributed by atoms with van der Waals surface area (Å²) in [6.07, 6.45) is 0. The number of benzene rings is 1. The molecule has 1 aromatic heterocycles. The highest BCUT2D eigenvalue weighted by molar-refractivity contribution is 6.46. The van der Waals surface area contributed by atoms with Gasteiger partial charge in [0.25, 0.3) is 5.91 Å². The van der Waals surface area contributed by atoms with E-state index in [4.69, 9.17) is 56.9 Å². The number of hydrogen-bond donors (Lipinski definition) is 1. The number of nitrogen functional groups attached to an aromatic ring is 1. The first-order chi connectivity index (χ1) is 12.6. The van der Waals surface area contributed by atoms with E-state index in [1.54, 1.807) is 0 Å². The van der Waals surface area contributed by atoms with Gasteiger partial charge >= 0.3 is 5.97 Å². The molecule has 0 aliphatic heterocycles. The number of aromatic nitrogens is 1. The Morgan fingerprint density at radius 1 is 1.22 bits per heavy atom. The fourth-order valence-corrected chi connectivity index (χ4v) is 2.79. The van der Waals surface area contributed by atoms with Gasteiger partial charge in [0, 0.05) is 24.2 Å². The predicted octanol–water partition coefficient (Wildman–Crippen LogP) is 4.23. The van der Waals surface area contributed by atoms with Gasteiger partial charge in [0.2, 0.25) is 0 Å². The second-order valence-electron chi connectivity index (χ2n) is 5.32. The normalized spacial score (nSPS) is 10.6. The van der Waals surface area contributed by atoms with E-state index in [1.165, 1.54) is 25.2 Å². The highest BCUT2D eigenvalue weighted by Crippen LogP contribution is 2.34. The van der Waals surface area contributed by atoms with Crippen molar-refractivity contribution in [3.8, 4) is 0 Å². The summed E-state index contributed by atoms with van der Waals surface area (Å²) in [5, 5.41) is -0.402. The van der Waals surface area contributed by atoms with Crippen molar-refractivity contribution in [2.45, 2.75) is 6.54 Å². The van der Waals surface area contributed by atoms with E-state index in [9.17, 15) is 14.0 Å². The van der Waals surface area contributed by atoms with Crippen LogP contribution in [0, 0.1) is 5.82 Å². The van der Waals surface area contributed by atoms with Crippen molar-refractivity contribution in [1.29, 1.82) is 0 Å². The topological polar surface area (TPSA) is 85.5 Å². The molecule has 0 bridgehead atoms. The number of halogens is 5. The average Bonchev–Trinajstić information content (AvgIpc) is 2.63. The van der Waals surface area contributed by atoms with Crippen molar-refractivity contribution in [3.05, 3.63) is 55.5 Å². The van der Waals surface area contributed by atoms with E-state index >= 15 is 0 Å². The van der Waals surface area contributed by atoms with Gasteiger partial charge in [0.15, 0.2) is 17.5 Å². The number of carbonyl (C=O) groups excluding carboxylic acids is 2. The minimum atomic E-state index is -1.02. The van der Waals surface area contributed by atoms with Crippen LogP contribution in [0.5, 0.6) is 0 Å². The monoisotopic (exact) mass is 453 g/mol. The zero-order chi connectivity index (χ0) is 20.3. The van der Waals surface area contributed by atoms with Crippen LogP contribution in [0.25, 0.3) is 0 Å². The smallest absolute Gasteiger partial charge is 0.359 e. The number of esters is 1. The lowest BCUT2D eigenvalue weighted by atomic mass is 10.2. The lowest BCUT2D eigenvalue weighted by Gasteiger charge is -2.18. The first kappa shape index (κ1) is 21.5. The average molecular weight is 455 g/mol. The molecule has 0 spiro atoms. The third-order valence-corrected chi connectivity index (χ3v) is 4.96. The Morgan fingerprint density at radius 3 is 2.52 bits per heavy atom. The van der Waals surface area contributed by atoms with Gasteiger partial charge in [0.1, 0.15) is 10.8 Å². The summed E-state index contributed by atoms with van der Waals surface area (Å²) in [6.45, 7) is -0.750. The number of likely N-dealkylation sites (N-methyl/N-ethyl adjacent to an activating group) is 1. The quantitative estimate of drug-likeness (QED) is 0.539. The molecule has 1 amide bonds. The first-order valence-electron chi connectivity index (χ1n) is 7.27. The zero-order valence-corrected chi connectivity index (χ0v) is 16.8. The number of ether oxygens (including phenoxy) is 1. The summed E-state index contributed by atoms with van der Waals surface area (Å²) in [7, 11) is 1.40. The second-order valence-corrected chi connectivity index (χ2v) is 6.84. The molecular weight excluding hydrogens is 443 g/mol. The number of amides is 1. The van der Waals surface area contributed by atoms with E-state index in [-0.39, 0.29) is 43.7 Å². The van der Waals surface area contributed by atoms with Crippen molar-refractivity contribution in [3.63, 3.8) is 0 Å². The molecule has 0 saturated heterocycles. The number of hydrogen-bond acceptors (Lipinski definition) is 5. The van der Waals surface area contributed by atoms with Crippen LogP contribution in [0.15, 0.2) is 18.2 Å². The Kier molecular flexibility index (Phi) is 7.11. The minimum Gasteiger partial charge on any atom is -0.451 e. The van der Waals surface area contributed by atoms with E-state index < -0.39 is 24.3 Å². The third-order valence-electron chi connectivity index (χ3n) is 3.47. The number of nitrogens with zero attached hydrogens (tertiary/aromatic N) is 2. The van der Waals surface area contributed by atoms with Crippen molar-refractivity contribution >= 4 is 64.0 Å². The number of anilines is 1. The van der Waals surface area contributed by atoms with Crippen molar-refractivity contribution in [2.24, 2.45) is 0 Å². The molecule has 6 nitrogen and oxygen atoms in total. The molecule has 1 aromatic carbocycles. The third kappa shape index (κ3) is 4.93. The van der Waals surface area contributed by atoms with E-state index in [1.807, 2.05) is 0 Å². The number of rotatable bonds is 5. The molecule has 2 aromatic rings. The zero-order valence-electron chi connectivity index (χ0n) is 13.7. The molecule has 0 radical (unpaired) electrons. The fourth-order valence-electron chi connectivity index (χ4n) is 1.98.